The number of rotatable bonds is 4. The fraction of sp³-hybridized carbons (Fsp3) is 0.375. The van der Waals surface area contributed by atoms with Crippen LogP contribution in [0, 0.1) is 3.57 Å². The van der Waals surface area contributed by atoms with Gasteiger partial charge in [0.25, 0.3) is 5.56 Å². The fourth-order valence-electron chi connectivity index (χ4n) is 2.93. The zero-order valence-electron chi connectivity index (χ0n) is 11.9. The van der Waals surface area contributed by atoms with E-state index in [1.165, 1.54) is 15.7 Å². The molecule has 1 aromatic heterocycles. The molecule has 0 N–H and O–H groups in total. The summed E-state index contributed by atoms with van der Waals surface area (Å²) in [5.74, 6) is 0.278. The molecule has 0 amide bonds. The number of aryl methyl sites for hydroxylation is 1. The van der Waals surface area contributed by atoms with Gasteiger partial charge in [0.1, 0.15) is 0 Å². The molecule has 0 saturated heterocycles. The Hall–Kier alpha value is -1.37. The summed E-state index contributed by atoms with van der Waals surface area (Å²) >= 11 is 2.02. The Morgan fingerprint density at radius 2 is 2.05 bits per heavy atom. The third kappa shape index (κ3) is 2.59. The van der Waals surface area contributed by atoms with Crippen LogP contribution in [0.15, 0.2) is 40.1 Å². The summed E-state index contributed by atoms with van der Waals surface area (Å²) in [6.07, 6.45) is 3.49. The predicted octanol–water partition coefficient (Wildman–Crippen LogP) is 2.36. The van der Waals surface area contributed by atoms with E-state index in [9.17, 15) is 9.59 Å². The van der Waals surface area contributed by atoms with Crippen LogP contribution < -0.4 is 11.2 Å². The molecule has 1 aromatic carbocycles. The number of aromatic nitrogens is 2. The zero-order valence-corrected chi connectivity index (χ0v) is 14.0. The Morgan fingerprint density at radius 1 is 1.29 bits per heavy atom. The molecule has 1 atom stereocenters. The van der Waals surface area contributed by atoms with E-state index < -0.39 is 0 Å². The molecule has 5 heteroatoms. The average molecular weight is 396 g/mol. The van der Waals surface area contributed by atoms with Crippen molar-refractivity contribution in [3.05, 3.63) is 66.0 Å². The molecule has 0 bridgehead atoms. The maximum Gasteiger partial charge on any atom is 0.331 e. The molecule has 0 spiro atoms. The number of hydrogen-bond acceptors (Lipinski definition) is 2. The highest BCUT2D eigenvalue weighted by Crippen LogP contribution is 2.35. The monoisotopic (exact) mass is 396 g/mol. The molecule has 1 aliphatic rings. The van der Waals surface area contributed by atoms with Crippen LogP contribution in [0.2, 0.25) is 0 Å². The van der Waals surface area contributed by atoms with E-state index in [0.717, 1.165) is 12.8 Å². The lowest BCUT2D eigenvalue weighted by molar-refractivity contribution is 0.459. The molecule has 21 heavy (non-hydrogen) atoms. The van der Waals surface area contributed by atoms with Crippen molar-refractivity contribution in [1.82, 2.24) is 9.13 Å². The van der Waals surface area contributed by atoms with Crippen LogP contribution in [0.3, 0.4) is 0 Å². The van der Waals surface area contributed by atoms with Gasteiger partial charge in [0.05, 0.1) is 3.57 Å². The third-order valence-electron chi connectivity index (χ3n) is 4.02. The lowest BCUT2D eigenvalue weighted by Crippen LogP contribution is -2.43. The van der Waals surface area contributed by atoms with Crippen LogP contribution in [-0.2, 0) is 19.5 Å². The second kappa shape index (κ2) is 5.79. The average Bonchev–Trinajstić information content (AvgIpc) is 2.45. The zero-order chi connectivity index (χ0) is 15.0. The first kappa shape index (κ1) is 14.6. The highest BCUT2D eigenvalue weighted by Gasteiger charge is 2.27. The second-order valence-electron chi connectivity index (χ2n) is 5.47. The minimum absolute atomic E-state index is 0.169. The van der Waals surface area contributed by atoms with Gasteiger partial charge >= 0.3 is 5.69 Å². The summed E-state index contributed by atoms with van der Waals surface area (Å²) in [6, 6.07) is 8.24. The van der Waals surface area contributed by atoms with Crippen molar-refractivity contribution in [1.29, 1.82) is 0 Å². The Balaban J connectivity index is 1.97. The summed E-state index contributed by atoms with van der Waals surface area (Å²) in [4.78, 5) is 24.7. The maximum absolute atomic E-state index is 12.4. The van der Waals surface area contributed by atoms with E-state index in [2.05, 4.69) is 12.1 Å². The van der Waals surface area contributed by atoms with E-state index in [1.54, 1.807) is 10.8 Å². The molecule has 3 rings (SSSR count). The van der Waals surface area contributed by atoms with Gasteiger partial charge in [0.15, 0.2) is 0 Å². The SMILES string of the molecule is CCCn1cc(I)c(=O)n(CC2Cc3ccccc32)c1=O. The first-order valence-electron chi connectivity index (χ1n) is 7.19. The molecule has 2 aromatic rings. The van der Waals surface area contributed by atoms with Gasteiger partial charge in [0.2, 0.25) is 0 Å². The number of benzene rings is 1. The fourth-order valence-corrected chi connectivity index (χ4v) is 3.55. The molecule has 0 saturated carbocycles. The number of hydrogen-bond donors (Lipinski definition) is 0. The summed E-state index contributed by atoms with van der Waals surface area (Å²) in [5.41, 5.74) is 2.24. The molecule has 4 nitrogen and oxygen atoms in total. The lowest BCUT2D eigenvalue weighted by atomic mass is 9.77. The maximum atomic E-state index is 12.4. The largest absolute Gasteiger partial charge is 0.331 e. The van der Waals surface area contributed by atoms with Crippen LogP contribution in [0.4, 0.5) is 0 Å². The van der Waals surface area contributed by atoms with Crippen LogP contribution in [0.25, 0.3) is 0 Å². The van der Waals surface area contributed by atoms with Crippen LogP contribution in [0.5, 0.6) is 0 Å². The standard InChI is InChI=1S/C16H17IN2O2/c1-2-7-18-10-14(17)15(20)19(16(18)21)9-12-8-11-5-3-4-6-13(11)12/h3-6,10,12H,2,7-9H2,1H3. The molecule has 110 valence electrons. The predicted molar refractivity (Wildman–Crippen MR) is 90.9 cm³/mol. The molecular formula is C16H17IN2O2. The Kier molecular flexibility index (Phi) is 4.01. The molecule has 0 radical (unpaired) electrons. The number of halogens is 1. The summed E-state index contributed by atoms with van der Waals surface area (Å²) in [7, 11) is 0. The van der Waals surface area contributed by atoms with Gasteiger partial charge < -0.3 is 0 Å². The normalized spacial score (nSPS) is 16.4. The third-order valence-corrected chi connectivity index (χ3v) is 4.76. The van der Waals surface area contributed by atoms with Crippen molar-refractivity contribution >= 4 is 22.6 Å². The van der Waals surface area contributed by atoms with Crippen LogP contribution in [-0.4, -0.2) is 9.13 Å². The number of fused-ring (bicyclic) bond motifs is 1. The van der Waals surface area contributed by atoms with Gasteiger partial charge in [0, 0.05) is 25.2 Å². The minimum atomic E-state index is -0.188. The van der Waals surface area contributed by atoms with Crippen molar-refractivity contribution < 1.29 is 0 Å². The van der Waals surface area contributed by atoms with E-state index in [0.29, 0.717) is 16.7 Å². The molecular weight excluding hydrogens is 379 g/mol. The molecule has 1 unspecified atom stereocenters. The van der Waals surface area contributed by atoms with Gasteiger partial charge in [-0.1, -0.05) is 31.2 Å². The Bertz CT molecular complexity index is 792. The van der Waals surface area contributed by atoms with Crippen molar-refractivity contribution in [2.24, 2.45) is 0 Å². The minimum Gasteiger partial charge on any atom is -0.299 e. The molecule has 1 aliphatic carbocycles. The topological polar surface area (TPSA) is 44.0 Å². The van der Waals surface area contributed by atoms with Crippen molar-refractivity contribution in [3.8, 4) is 0 Å². The molecule has 0 fully saturated rings. The van der Waals surface area contributed by atoms with Crippen molar-refractivity contribution in [3.63, 3.8) is 0 Å². The second-order valence-corrected chi connectivity index (χ2v) is 6.63. The van der Waals surface area contributed by atoms with Gasteiger partial charge in [-0.15, -0.1) is 0 Å². The van der Waals surface area contributed by atoms with E-state index >= 15 is 0 Å². The number of nitrogens with zero attached hydrogens (tertiary/aromatic N) is 2. The van der Waals surface area contributed by atoms with E-state index in [-0.39, 0.29) is 17.2 Å². The highest BCUT2D eigenvalue weighted by atomic mass is 127. The van der Waals surface area contributed by atoms with E-state index in [4.69, 9.17) is 0 Å². The van der Waals surface area contributed by atoms with Gasteiger partial charge in [-0.25, -0.2) is 4.79 Å². The van der Waals surface area contributed by atoms with E-state index in [1.807, 2.05) is 41.6 Å². The Labute approximate surface area is 136 Å². The quantitative estimate of drug-likeness (QED) is 0.745. The summed E-state index contributed by atoms with van der Waals surface area (Å²) in [6.45, 7) is 3.16. The van der Waals surface area contributed by atoms with Crippen molar-refractivity contribution in [2.45, 2.75) is 38.8 Å². The molecule has 1 heterocycles. The Morgan fingerprint density at radius 3 is 2.76 bits per heavy atom. The van der Waals surface area contributed by atoms with Crippen LogP contribution >= 0.6 is 22.6 Å². The lowest BCUT2D eigenvalue weighted by Gasteiger charge is -2.30. The van der Waals surface area contributed by atoms with Gasteiger partial charge in [-0.2, -0.15) is 0 Å². The van der Waals surface area contributed by atoms with Crippen molar-refractivity contribution in [2.75, 3.05) is 0 Å². The summed E-state index contributed by atoms with van der Waals surface area (Å²) < 4.78 is 3.65. The smallest absolute Gasteiger partial charge is 0.299 e. The van der Waals surface area contributed by atoms with Gasteiger partial charge in [-0.05, 0) is 46.6 Å². The highest BCUT2D eigenvalue weighted by molar-refractivity contribution is 14.1. The first-order chi connectivity index (χ1) is 10.1. The molecule has 0 aliphatic heterocycles. The summed E-state index contributed by atoms with van der Waals surface area (Å²) in [5, 5.41) is 0. The first-order valence-corrected chi connectivity index (χ1v) is 8.27. The van der Waals surface area contributed by atoms with Crippen LogP contribution in [0.1, 0.15) is 30.4 Å². The van der Waals surface area contributed by atoms with Gasteiger partial charge in [-0.3, -0.25) is 13.9 Å².